The molecular formula is C20H22ClN3O4. The molecule has 1 aromatic heterocycles. The summed E-state index contributed by atoms with van der Waals surface area (Å²) in [6.45, 7) is 1.83. The van der Waals surface area contributed by atoms with Gasteiger partial charge in [-0.3, -0.25) is 14.4 Å². The Labute approximate surface area is 168 Å². The van der Waals surface area contributed by atoms with Gasteiger partial charge in [-0.25, -0.2) is 0 Å². The maximum atomic E-state index is 12.3. The molecule has 0 spiro atoms. The zero-order valence-corrected chi connectivity index (χ0v) is 16.1. The Kier molecular flexibility index (Phi) is 6.71. The summed E-state index contributed by atoms with van der Waals surface area (Å²) in [5, 5.41) is 5.78. The summed E-state index contributed by atoms with van der Waals surface area (Å²) in [6, 6.07) is 8.79. The lowest BCUT2D eigenvalue weighted by Crippen LogP contribution is -2.44. The first kappa shape index (κ1) is 19.9. The fraction of sp³-hybridized carbons (Fsp3) is 0.350. The molecule has 28 heavy (non-hydrogen) atoms. The fourth-order valence-electron chi connectivity index (χ4n) is 3.12. The van der Waals surface area contributed by atoms with Crippen LogP contribution in [0.15, 0.2) is 47.3 Å². The predicted octanol–water partition coefficient (Wildman–Crippen LogP) is 2.22. The highest BCUT2D eigenvalue weighted by Crippen LogP contribution is 2.19. The van der Waals surface area contributed by atoms with Crippen molar-refractivity contribution in [3.05, 3.63) is 59.0 Å². The highest BCUT2D eigenvalue weighted by molar-refractivity contribution is 6.35. The Balaban J connectivity index is 1.37. The second kappa shape index (κ2) is 9.41. The summed E-state index contributed by atoms with van der Waals surface area (Å²) in [4.78, 5) is 38.0. The summed E-state index contributed by atoms with van der Waals surface area (Å²) in [7, 11) is 0. The molecule has 1 aromatic carbocycles. The van der Waals surface area contributed by atoms with Crippen molar-refractivity contribution in [2.45, 2.75) is 19.4 Å². The zero-order chi connectivity index (χ0) is 19.9. The van der Waals surface area contributed by atoms with Gasteiger partial charge in [0, 0.05) is 31.2 Å². The normalized spacial score (nSPS) is 14.5. The van der Waals surface area contributed by atoms with Crippen LogP contribution < -0.4 is 10.6 Å². The molecular weight excluding hydrogens is 382 g/mol. The lowest BCUT2D eigenvalue weighted by molar-refractivity contribution is -0.139. The summed E-state index contributed by atoms with van der Waals surface area (Å²) >= 11 is 6.03. The molecule has 0 saturated carbocycles. The molecule has 7 nitrogen and oxygen atoms in total. The second-order valence-corrected chi connectivity index (χ2v) is 7.14. The van der Waals surface area contributed by atoms with E-state index in [4.69, 9.17) is 16.0 Å². The molecule has 0 aliphatic carbocycles. The van der Waals surface area contributed by atoms with Crippen molar-refractivity contribution < 1.29 is 18.8 Å². The summed E-state index contributed by atoms with van der Waals surface area (Å²) in [5.74, 6) is -1.17. The molecule has 3 amide bonds. The largest absolute Gasteiger partial charge is 0.472 e. The standard InChI is InChI=1S/C20H22ClN3O4/c21-17-4-2-1-3-15(17)12-23-19(26)18(25)22-11-14-5-8-24(9-6-14)20(27)16-7-10-28-13-16/h1-4,7,10,13-14H,5-6,8-9,11-12H2,(H,22,25)(H,23,26). The van der Waals surface area contributed by atoms with E-state index in [1.165, 1.54) is 12.5 Å². The lowest BCUT2D eigenvalue weighted by atomic mass is 9.96. The number of furan rings is 1. The zero-order valence-electron chi connectivity index (χ0n) is 15.3. The molecule has 1 aliphatic heterocycles. The minimum atomic E-state index is -0.688. The Morgan fingerprint density at radius 3 is 2.46 bits per heavy atom. The number of piperidine rings is 1. The average molecular weight is 404 g/mol. The molecule has 0 unspecified atom stereocenters. The molecule has 2 heterocycles. The number of nitrogens with one attached hydrogen (secondary N) is 2. The number of carbonyl (C=O) groups is 3. The topological polar surface area (TPSA) is 91.7 Å². The number of hydrogen-bond donors (Lipinski definition) is 2. The van der Waals surface area contributed by atoms with Crippen LogP contribution in [0.5, 0.6) is 0 Å². The molecule has 1 saturated heterocycles. The van der Waals surface area contributed by atoms with Gasteiger partial charge in [0.1, 0.15) is 6.26 Å². The number of carbonyl (C=O) groups excluding carboxylic acids is 3. The lowest BCUT2D eigenvalue weighted by Gasteiger charge is -2.31. The maximum Gasteiger partial charge on any atom is 0.309 e. The molecule has 1 aliphatic rings. The van der Waals surface area contributed by atoms with Gasteiger partial charge in [0.2, 0.25) is 0 Å². The van der Waals surface area contributed by atoms with Gasteiger partial charge >= 0.3 is 11.8 Å². The van der Waals surface area contributed by atoms with Crippen molar-refractivity contribution in [1.29, 1.82) is 0 Å². The number of likely N-dealkylation sites (tertiary alicyclic amines) is 1. The highest BCUT2D eigenvalue weighted by atomic mass is 35.5. The van der Waals surface area contributed by atoms with Gasteiger partial charge in [0.05, 0.1) is 11.8 Å². The number of nitrogens with zero attached hydrogens (tertiary/aromatic N) is 1. The fourth-order valence-corrected chi connectivity index (χ4v) is 3.33. The first-order valence-electron chi connectivity index (χ1n) is 9.15. The number of rotatable bonds is 5. The molecule has 2 N–H and O–H groups in total. The summed E-state index contributed by atoms with van der Waals surface area (Å²) in [6.07, 6.45) is 4.46. The van der Waals surface area contributed by atoms with Crippen LogP contribution in [-0.4, -0.2) is 42.3 Å². The molecule has 148 valence electrons. The molecule has 0 atom stereocenters. The SMILES string of the molecule is O=C(NCc1ccccc1Cl)C(=O)NCC1CCN(C(=O)c2ccoc2)CC1. The molecule has 3 rings (SSSR count). The Hall–Kier alpha value is -2.80. The average Bonchev–Trinajstić information content (AvgIpc) is 3.26. The van der Waals surface area contributed by atoms with E-state index < -0.39 is 11.8 Å². The third-order valence-electron chi connectivity index (χ3n) is 4.82. The second-order valence-electron chi connectivity index (χ2n) is 6.73. The van der Waals surface area contributed by atoms with Crippen LogP contribution in [0.1, 0.15) is 28.8 Å². The Morgan fingerprint density at radius 1 is 1.07 bits per heavy atom. The third-order valence-corrected chi connectivity index (χ3v) is 5.19. The first-order valence-corrected chi connectivity index (χ1v) is 9.53. The van der Waals surface area contributed by atoms with Crippen molar-refractivity contribution in [1.82, 2.24) is 15.5 Å². The van der Waals surface area contributed by atoms with Gasteiger partial charge < -0.3 is 20.0 Å². The predicted molar refractivity (Wildman–Crippen MR) is 104 cm³/mol. The summed E-state index contributed by atoms with van der Waals surface area (Å²) in [5.41, 5.74) is 1.29. The van der Waals surface area contributed by atoms with E-state index in [1.807, 2.05) is 6.07 Å². The maximum absolute atomic E-state index is 12.3. The molecule has 0 bridgehead atoms. The van der Waals surface area contributed by atoms with E-state index in [9.17, 15) is 14.4 Å². The van der Waals surface area contributed by atoms with Crippen molar-refractivity contribution in [3.63, 3.8) is 0 Å². The summed E-state index contributed by atoms with van der Waals surface area (Å²) < 4.78 is 4.95. The molecule has 2 aromatic rings. The number of benzene rings is 1. The molecule has 0 radical (unpaired) electrons. The number of halogens is 1. The van der Waals surface area contributed by atoms with Crippen LogP contribution in [0.2, 0.25) is 5.02 Å². The van der Waals surface area contributed by atoms with E-state index >= 15 is 0 Å². The monoisotopic (exact) mass is 403 g/mol. The van der Waals surface area contributed by atoms with Gasteiger partial charge in [0.25, 0.3) is 5.91 Å². The minimum Gasteiger partial charge on any atom is -0.472 e. The van der Waals surface area contributed by atoms with E-state index in [0.717, 1.165) is 18.4 Å². The highest BCUT2D eigenvalue weighted by Gasteiger charge is 2.25. The minimum absolute atomic E-state index is 0.0461. The molecule has 1 fully saturated rings. The third kappa shape index (κ3) is 5.13. The van der Waals surface area contributed by atoms with Crippen LogP contribution in [0.25, 0.3) is 0 Å². The van der Waals surface area contributed by atoms with Gasteiger partial charge in [-0.15, -0.1) is 0 Å². The number of amides is 3. The van der Waals surface area contributed by atoms with E-state index in [1.54, 1.807) is 29.2 Å². The van der Waals surface area contributed by atoms with Crippen LogP contribution >= 0.6 is 11.6 Å². The van der Waals surface area contributed by atoms with Gasteiger partial charge in [-0.1, -0.05) is 29.8 Å². The van der Waals surface area contributed by atoms with Crippen LogP contribution in [0.3, 0.4) is 0 Å². The van der Waals surface area contributed by atoms with Crippen LogP contribution in [0, 0.1) is 5.92 Å². The van der Waals surface area contributed by atoms with E-state index in [2.05, 4.69) is 10.6 Å². The van der Waals surface area contributed by atoms with Crippen LogP contribution in [-0.2, 0) is 16.1 Å². The molecule has 8 heteroatoms. The van der Waals surface area contributed by atoms with Gasteiger partial charge in [-0.05, 0) is 36.5 Å². The van der Waals surface area contributed by atoms with Crippen LogP contribution in [0.4, 0.5) is 0 Å². The van der Waals surface area contributed by atoms with Crippen molar-refractivity contribution >= 4 is 29.3 Å². The number of hydrogen-bond acceptors (Lipinski definition) is 4. The Bertz CT molecular complexity index is 830. The van der Waals surface area contributed by atoms with Crippen molar-refractivity contribution in [2.24, 2.45) is 5.92 Å². The van der Waals surface area contributed by atoms with E-state index in [0.29, 0.717) is 30.2 Å². The van der Waals surface area contributed by atoms with Gasteiger partial charge in [-0.2, -0.15) is 0 Å². The van der Waals surface area contributed by atoms with Crippen molar-refractivity contribution in [2.75, 3.05) is 19.6 Å². The van der Waals surface area contributed by atoms with Gasteiger partial charge in [0.15, 0.2) is 0 Å². The quantitative estimate of drug-likeness (QED) is 0.749. The van der Waals surface area contributed by atoms with E-state index in [-0.39, 0.29) is 18.4 Å². The van der Waals surface area contributed by atoms with Crippen molar-refractivity contribution in [3.8, 4) is 0 Å². The Morgan fingerprint density at radius 2 is 1.79 bits per heavy atom. The smallest absolute Gasteiger partial charge is 0.309 e. The first-order chi connectivity index (χ1) is 13.5.